The number of carbonyl (C=O) groups is 8. The third kappa shape index (κ3) is 51.3. The van der Waals surface area contributed by atoms with Crippen LogP contribution < -0.4 is 32.7 Å². The van der Waals surface area contributed by atoms with Gasteiger partial charge in [0.2, 0.25) is 17.7 Å². The average molecular weight is 1390 g/mol. The summed E-state index contributed by atoms with van der Waals surface area (Å²) in [6.07, 6.45) is 5.54. The molecule has 8 N–H and O–H groups in total. The normalized spacial score (nSPS) is 17.2. The van der Waals surface area contributed by atoms with Crippen molar-refractivity contribution in [2.24, 2.45) is 28.3 Å². The second-order valence-electron chi connectivity index (χ2n) is 21.4. The van der Waals surface area contributed by atoms with Crippen LogP contribution in [0.1, 0.15) is 90.9 Å². The molecule has 28 nitrogen and oxygen atoms in total. The largest absolute Gasteiger partial charge is 0.379 e. The summed E-state index contributed by atoms with van der Waals surface area (Å²) >= 11 is 4.35. The maximum absolute atomic E-state index is 14.0. The fraction of sp³-hybridized carbons (Fsp3) is 0.852. The zero-order valence-electron chi connectivity index (χ0n) is 54.6. The van der Waals surface area contributed by atoms with E-state index >= 15 is 0 Å². The van der Waals surface area contributed by atoms with Crippen molar-refractivity contribution in [1.29, 1.82) is 0 Å². The van der Waals surface area contributed by atoms with Gasteiger partial charge in [0.15, 0.2) is 17.5 Å². The number of halogens is 1. The summed E-state index contributed by atoms with van der Waals surface area (Å²) in [6, 6.07) is -2.18. The van der Waals surface area contributed by atoms with Gasteiger partial charge >= 0.3 is 0 Å². The second kappa shape index (κ2) is 61.2. The van der Waals surface area contributed by atoms with Crippen molar-refractivity contribution in [2.45, 2.75) is 109 Å². The topological polar surface area (TPSA) is 363 Å². The molecule has 1 saturated heterocycles. The van der Waals surface area contributed by atoms with Crippen LogP contribution in [-0.4, -0.2) is 291 Å². The van der Waals surface area contributed by atoms with Crippen LogP contribution in [-0.2, 0) is 95.2 Å². The van der Waals surface area contributed by atoms with E-state index in [1.807, 2.05) is 13.8 Å². The molecule has 5 atom stereocenters. The number of guanidine groups is 1. The highest BCUT2D eigenvalue weighted by molar-refractivity contribution is 9.09. The molecule has 0 aromatic carbocycles. The van der Waals surface area contributed by atoms with E-state index in [1.54, 1.807) is 11.9 Å². The third-order valence-electron chi connectivity index (χ3n) is 14.0. The van der Waals surface area contributed by atoms with Crippen LogP contribution in [0.2, 0.25) is 0 Å². The molecule has 0 radical (unpaired) electrons. The number of nitrogens with two attached hydrogens (primary N) is 2. The number of aldehydes is 1. The maximum atomic E-state index is 14.0. The molecule has 0 spiro atoms. The number of rotatable bonds is 57. The molecule has 0 saturated carbocycles. The number of hydrogen-bond donors (Lipinski definition) is 6. The molecule has 0 aromatic rings. The van der Waals surface area contributed by atoms with Crippen molar-refractivity contribution in [3.05, 3.63) is 0 Å². The molecule has 0 aliphatic carbocycles. The maximum Gasteiger partial charge on any atom is 0.230 e. The van der Waals surface area contributed by atoms with Crippen molar-refractivity contribution in [3.8, 4) is 0 Å². The Bertz CT molecular complexity index is 1940. The molecule has 0 unspecified atom stereocenters. The predicted octanol–water partition coefficient (Wildman–Crippen LogP) is 1.01. The van der Waals surface area contributed by atoms with Crippen molar-refractivity contribution < 1.29 is 95.2 Å². The van der Waals surface area contributed by atoms with E-state index in [-0.39, 0.29) is 116 Å². The van der Waals surface area contributed by atoms with Gasteiger partial charge in [-0.05, 0) is 51.5 Å². The number of likely N-dealkylation sites (N-methyl/N-ethyl adjacent to an activating group) is 1. The number of nitrogens with zero attached hydrogens (tertiary/aromatic N) is 2. The minimum Gasteiger partial charge on any atom is -0.379 e. The molecule has 1 rings (SSSR count). The number of ether oxygens (including phenoxy) is 12. The average Bonchev–Trinajstić information content (AvgIpc) is 3.73. The molecule has 0 bridgehead atoms. The number of Topliss-reactive ketones (excluding diaryl/α,β-unsaturated/α-hetero) is 4. The van der Waals surface area contributed by atoms with Crippen LogP contribution in [0.5, 0.6) is 0 Å². The van der Waals surface area contributed by atoms with Gasteiger partial charge in [-0.25, -0.2) is 0 Å². The van der Waals surface area contributed by atoms with E-state index in [2.05, 4.69) is 42.2 Å². The Morgan fingerprint density at radius 2 is 1.16 bits per heavy atom. The Kier molecular flexibility index (Phi) is 57.4. The number of hydrogen-bond acceptors (Lipinski definition) is 24. The zero-order chi connectivity index (χ0) is 66.6. The quantitative estimate of drug-likeness (QED) is 0.0163. The number of aliphatic imine (C=N–C) groups is 1. The van der Waals surface area contributed by atoms with Crippen molar-refractivity contribution >= 4 is 80.8 Å². The summed E-state index contributed by atoms with van der Waals surface area (Å²) in [5.74, 6) is -1.98. The molecule has 1 aliphatic heterocycles. The standard InChI is InChI=1S/C61H111BrN8O20S/c1-4-49(2)60-54(73)13-12-50(55(74)44-68-53(47-91-48-59(78)66-18-14-58(77)69-60)56(75)45-70(3)51(46-71)10-7-17-67-61(63)64)9-5-6-16-65-57(76)15-20-80-22-24-82-26-28-84-30-32-86-34-36-88-38-40-90-42-41-89-39-37-87-35-33-85-31-29-83-27-25-81-23-21-79-19-8-11-52(72)43-62/h46,49-51,53,60,68H,4-45,47-48H2,1-3H3,(H,65,76)(H,66,78)(H,69,77)(H4,63,64,67)/t49-,50+,51-,53-,60-/m0/s1. The molecule has 0 aromatic heterocycles. The van der Waals surface area contributed by atoms with Crippen molar-refractivity contribution in [2.75, 3.05) is 215 Å². The Morgan fingerprint density at radius 1 is 0.670 bits per heavy atom. The van der Waals surface area contributed by atoms with Gasteiger partial charge in [0.1, 0.15) is 17.9 Å². The Hall–Kier alpha value is -3.70. The lowest BCUT2D eigenvalue weighted by Gasteiger charge is -2.26. The SMILES string of the molecule is CC[C@H](C)[C@@H]1NC(=O)CCNC(=O)CSC[C@@H](C(=O)CN(C)[C@H](C=O)CCCN=C(N)N)NCC(=O)[C@H](CCCCNC(=O)CCOCCOCCOCCOCCOCCOCCOCCOCCOCCOCCOCCOCCCC(=O)CBr)CCC1=O. The summed E-state index contributed by atoms with van der Waals surface area (Å²) in [5.41, 5.74) is 10.8. The second-order valence-corrected chi connectivity index (χ2v) is 23.0. The first-order valence-electron chi connectivity index (χ1n) is 32.2. The molecule has 1 heterocycles. The van der Waals surface area contributed by atoms with E-state index in [1.165, 1.54) is 11.8 Å². The monoisotopic (exact) mass is 1390 g/mol. The summed E-state index contributed by atoms with van der Waals surface area (Å²) < 4.78 is 66.1. The van der Waals surface area contributed by atoms with Crippen molar-refractivity contribution in [1.82, 2.24) is 26.2 Å². The molecule has 528 valence electrons. The number of nitrogens with one attached hydrogen (secondary N) is 4. The smallest absolute Gasteiger partial charge is 0.230 e. The Morgan fingerprint density at radius 3 is 1.64 bits per heavy atom. The summed E-state index contributed by atoms with van der Waals surface area (Å²) in [7, 11) is 1.66. The highest BCUT2D eigenvalue weighted by Gasteiger charge is 2.30. The molecular formula is C61H111BrN8O20S. The highest BCUT2D eigenvalue weighted by atomic mass is 79.9. The number of unbranched alkanes of at least 4 members (excludes halogenated alkanes) is 1. The number of ketones is 4. The fourth-order valence-electron chi connectivity index (χ4n) is 8.56. The first-order chi connectivity index (χ1) is 44.2. The van der Waals surface area contributed by atoms with Crippen molar-refractivity contribution in [3.63, 3.8) is 0 Å². The molecule has 1 aliphatic rings. The van der Waals surface area contributed by atoms with E-state index in [0.29, 0.717) is 215 Å². The molecule has 3 amide bonds. The number of thioether (sulfide) groups is 1. The molecular weight excluding hydrogens is 1280 g/mol. The van der Waals surface area contributed by atoms with Gasteiger partial charge in [-0.1, -0.05) is 42.6 Å². The summed E-state index contributed by atoms with van der Waals surface area (Å²) in [4.78, 5) is 108. The minimum absolute atomic E-state index is 0.00128. The van der Waals surface area contributed by atoms with Gasteiger partial charge in [0, 0.05) is 63.6 Å². The van der Waals surface area contributed by atoms with Gasteiger partial charge in [-0.3, -0.25) is 48.8 Å². The summed E-state index contributed by atoms with van der Waals surface area (Å²) in [5, 5.41) is 12.0. The van der Waals surface area contributed by atoms with Gasteiger partial charge in [-0.15, -0.1) is 11.8 Å². The van der Waals surface area contributed by atoms with Crippen LogP contribution in [0.4, 0.5) is 0 Å². The molecule has 91 heavy (non-hydrogen) atoms. The van der Waals surface area contributed by atoms with E-state index in [4.69, 9.17) is 68.3 Å². The lowest BCUT2D eigenvalue weighted by Crippen LogP contribution is -2.48. The first-order valence-corrected chi connectivity index (χ1v) is 34.4. The molecule has 30 heteroatoms. The van der Waals surface area contributed by atoms with Crippen LogP contribution in [0.3, 0.4) is 0 Å². The lowest BCUT2D eigenvalue weighted by molar-refractivity contribution is -0.130. The van der Waals surface area contributed by atoms with Crippen LogP contribution in [0, 0.1) is 11.8 Å². The lowest BCUT2D eigenvalue weighted by atomic mass is 9.87. The third-order valence-corrected chi connectivity index (χ3v) is 15.7. The minimum atomic E-state index is -0.841. The van der Waals surface area contributed by atoms with Gasteiger partial charge in [0.25, 0.3) is 0 Å². The van der Waals surface area contributed by atoms with E-state index in [0.717, 1.165) is 12.7 Å². The van der Waals surface area contributed by atoms with Gasteiger partial charge in [0.05, 0.1) is 194 Å². The molecule has 1 fully saturated rings. The number of amides is 3. The van der Waals surface area contributed by atoms with E-state index in [9.17, 15) is 38.4 Å². The van der Waals surface area contributed by atoms with Gasteiger partial charge in [-0.2, -0.15) is 0 Å². The number of carbonyl (C=O) groups excluding carboxylic acids is 8. The van der Waals surface area contributed by atoms with Crippen LogP contribution >= 0.6 is 27.7 Å². The van der Waals surface area contributed by atoms with Crippen LogP contribution in [0.25, 0.3) is 0 Å². The number of alkyl halides is 1. The van der Waals surface area contributed by atoms with Gasteiger partial charge < -0.3 is 89.1 Å². The first kappa shape index (κ1) is 85.3. The summed E-state index contributed by atoms with van der Waals surface area (Å²) in [6.45, 7) is 14.7. The van der Waals surface area contributed by atoms with E-state index < -0.39 is 24.0 Å². The zero-order valence-corrected chi connectivity index (χ0v) is 57.0. The Labute approximate surface area is 552 Å². The van der Waals surface area contributed by atoms with Crippen LogP contribution in [0.15, 0.2) is 4.99 Å². The fourth-order valence-corrected chi connectivity index (χ4v) is 9.78. The predicted molar refractivity (Wildman–Crippen MR) is 348 cm³/mol. The Balaban J connectivity index is 2.21. The highest BCUT2D eigenvalue weighted by Crippen LogP contribution is 2.20.